The third-order valence-corrected chi connectivity index (χ3v) is 4.03. The third-order valence-electron chi connectivity index (χ3n) is 3.59. The summed E-state index contributed by atoms with van der Waals surface area (Å²) in [6, 6.07) is 12.5. The van der Waals surface area contributed by atoms with Gasteiger partial charge in [-0.25, -0.2) is 9.78 Å². The van der Waals surface area contributed by atoms with Gasteiger partial charge in [0.25, 0.3) is 0 Å². The number of amides is 2. The Morgan fingerprint density at radius 1 is 1.08 bits per heavy atom. The Morgan fingerprint density at radius 2 is 1.80 bits per heavy atom. The van der Waals surface area contributed by atoms with Crippen molar-refractivity contribution < 1.29 is 4.79 Å². The van der Waals surface area contributed by atoms with Crippen molar-refractivity contribution in [3.63, 3.8) is 0 Å². The second kappa shape index (κ2) is 8.05. The monoisotopic (exact) mass is 374 g/mol. The van der Waals surface area contributed by atoms with E-state index in [-0.39, 0.29) is 6.03 Å². The van der Waals surface area contributed by atoms with Gasteiger partial charge < -0.3 is 15.2 Å². The molecule has 1 heterocycles. The zero-order chi connectivity index (χ0) is 17.6. The van der Waals surface area contributed by atoms with E-state index in [1.54, 1.807) is 30.7 Å². The van der Waals surface area contributed by atoms with Crippen molar-refractivity contribution in [2.75, 3.05) is 5.32 Å². The molecule has 0 saturated heterocycles. The molecule has 0 unspecified atom stereocenters. The summed E-state index contributed by atoms with van der Waals surface area (Å²) in [7, 11) is 0. The second-order valence-corrected chi connectivity index (χ2v) is 6.34. The molecule has 2 N–H and O–H groups in total. The molecule has 2 aromatic carbocycles. The highest BCUT2D eigenvalue weighted by molar-refractivity contribution is 6.35. The van der Waals surface area contributed by atoms with Crippen LogP contribution >= 0.6 is 23.2 Å². The zero-order valence-electron chi connectivity index (χ0n) is 13.2. The number of halogens is 2. The highest BCUT2D eigenvalue weighted by atomic mass is 35.5. The lowest BCUT2D eigenvalue weighted by Gasteiger charge is -2.12. The smallest absolute Gasteiger partial charge is 0.319 e. The van der Waals surface area contributed by atoms with Gasteiger partial charge in [0, 0.05) is 41.2 Å². The molecule has 128 valence electrons. The van der Waals surface area contributed by atoms with E-state index in [9.17, 15) is 4.79 Å². The minimum Gasteiger partial charge on any atom is -0.334 e. The molecule has 25 heavy (non-hydrogen) atoms. The Kier molecular flexibility index (Phi) is 5.58. The molecule has 0 aliphatic rings. The largest absolute Gasteiger partial charge is 0.334 e. The van der Waals surface area contributed by atoms with Crippen molar-refractivity contribution in [3.05, 3.63) is 82.4 Å². The molecule has 0 aliphatic carbocycles. The summed E-state index contributed by atoms with van der Waals surface area (Å²) in [6.45, 7) is 1.11. The number of carbonyl (C=O) groups is 1. The van der Waals surface area contributed by atoms with Crippen LogP contribution in [-0.4, -0.2) is 15.6 Å². The average Bonchev–Trinajstić information content (AvgIpc) is 3.06. The van der Waals surface area contributed by atoms with Gasteiger partial charge in [-0.05, 0) is 29.3 Å². The fourth-order valence-electron chi connectivity index (χ4n) is 2.44. The fourth-order valence-corrected chi connectivity index (χ4v) is 2.96. The molecule has 0 radical (unpaired) electrons. The van der Waals surface area contributed by atoms with Crippen LogP contribution in [0.25, 0.3) is 0 Å². The van der Waals surface area contributed by atoms with Gasteiger partial charge in [-0.2, -0.15) is 0 Å². The molecule has 7 heteroatoms. The Hall–Kier alpha value is -2.50. The predicted molar refractivity (Wildman–Crippen MR) is 100 cm³/mol. The Morgan fingerprint density at radius 3 is 2.48 bits per heavy atom. The standard InChI is InChI=1S/C18H16Cl2N4O/c19-15-7-16(20)9-17(8-15)23-18(25)22-10-13-3-1-2-4-14(13)11-24-6-5-21-12-24/h1-9,12H,10-11H2,(H2,22,23,25). The summed E-state index contributed by atoms with van der Waals surface area (Å²) in [4.78, 5) is 16.2. The summed E-state index contributed by atoms with van der Waals surface area (Å²) in [5.41, 5.74) is 2.70. The van der Waals surface area contributed by atoms with Crippen LogP contribution < -0.4 is 10.6 Å². The molecule has 0 spiro atoms. The maximum atomic E-state index is 12.1. The zero-order valence-corrected chi connectivity index (χ0v) is 14.8. The number of rotatable bonds is 5. The minimum atomic E-state index is -0.323. The second-order valence-electron chi connectivity index (χ2n) is 5.47. The van der Waals surface area contributed by atoms with Crippen LogP contribution in [0.1, 0.15) is 11.1 Å². The van der Waals surface area contributed by atoms with Gasteiger partial charge in [0.1, 0.15) is 0 Å². The summed E-state index contributed by atoms with van der Waals surface area (Å²) < 4.78 is 1.98. The van der Waals surface area contributed by atoms with E-state index in [0.29, 0.717) is 28.8 Å². The molecule has 0 atom stereocenters. The number of nitrogens with zero attached hydrogens (tertiary/aromatic N) is 2. The van der Waals surface area contributed by atoms with E-state index < -0.39 is 0 Å². The van der Waals surface area contributed by atoms with Crippen LogP contribution in [-0.2, 0) is 13.1 Å². The van der Waals surface area contributed by atoms with Crippen molar-refractivity contribution >= 4 is 34.9 Å². The first-order valence-electron chi connectivity index (χ1n) is 7.63. The lowest BCUT2D eigenvalue weighted by atomic mass is 10.1. The highest BCUT2D eigenvalue weighted by Gasteiger charge is 2.07. The third kappa shape index (κ3) is 4.98. The molecule has 0 saturated carbocycles. The lowest BCUT2D eigenvalue weighted by Crippen LogP contribution is -2.28. The van der Waals surface area contributed by atoms with Crippen LogP contribution in [0.3, 0.4) is 0 Å². The molecule has 3 rings (SSSR count). The van der Waals surface area contributed by atoms with Crippen LogP contribution in [0.2, 0.25) is 10.0 Å². The molecule has 0 bridgehead atoms. The predicted octanol–water partition coefficient (Wildman–Crippen LogP) is 4.56. The molecule has 0 aliphatic heterocycles. The van der Waals surface area contributed by atoms with E-state index in [1.165, 1.54) is 0 Å². The van der Waals surface area contributed by atoms with E-state index in [4.69, 9.17) is 23.2 Å². The van der Waals surface area contributed by atoms with Crippen molar-refractivity contribution in [1.82, 2.24) is 14.9 Å². The van der Waals surface area contributed by atoms with E-state index >= 15 is 0 Å². The molecule has 3 aromatic rings. The van der Waals surface area contributed by atoms with Gasteiger partial charge in [0.15, 0.2) is 0 Å². The van der Waals surface area contributed by atoms with Crippen molar-refractivity contribution in [2.24, 2.45) is 0 Å². The van der Waals surface area contributed by atoms with Crippen LogP contribution in [0.5, 0.6) is 0 Å². The number of carbonyl (C=O) groups excluding carboxylic acids is 1. The first kappa shape index (κ1) is 17.3. The normalized spacial score (nSPS) is 10.5. The number of anilines is 1. The van der Waals surface area contributed by atoms with E-state index in [1.807, 2.05) is 35.0 Å². The average molecular weight is 375 g/mol. The fraction of sp³-hybridized carbons (Fsp3) is 0.111. The van der Waals surface area contributed by atoms with Gasteiger partial charge in [-0.1, -0.05) is 47.5 Å². The topological polar surface area (TPSA) is 59.0 Å². The molecule has 2 amide bonds. The maximum absolute atomic E-state index is 12.1. The Labute approximate surface area is 155 Å². The molecular formula is C18H16Cl2N4O. The summed E-state index contributed by atoms with van der Waals surface area (Å²) in [5, 5.41) is 6.50. The van der Waals surface area contributed by atoms with E-state index in [0.717, 1.165) is 11.1 Å². The number of urea groups is 1. The summed E-state index contributed by atoms with van der Waals surface area (Å²) in [6.07, 6.45) is 5.41. The van der Waals surface area contributed by atoms with Gasteiger partial charge in [0.2, 0.25) is 0 Å². The maximum Gasteiger partial charge on any atom is 0.319 e. The van der Waals surface area contributed by atoms with Gasteiger partial charge in [0.05, 0.1) is 6.33 Å². The van der Waals surface area contributed by atoms with Crippen LogP contribution in [0, 0.1) is 0 Å². The number of nitrogens with one attached hydrogen (secondary N) is 2. The molecule has 0 fully saturated rings. The quantitative estimate of drug-likeness (QED) is 0.687. The first-order chi connectivity index (χ1) is 12.1. The minimum absolute atomic E-state index is 0.323. The Bertz CT molecular complexity index is 845. The first-order valence-corrected chi connectivity index (χ1v) is 8.39. The molecular weight excluding hydrogens is 359 g/mol. The number of hydrogen-bond acceptors (Lipinski definition) is 2. The number of aromatic nitrogens is 2. The highest BCUT2D eigenvalue weighted by Crippen LogP contribution is 2.22. The summed E-state index contributed by atoms with van der Waals surface area (Å²) >= 11 is 11.9. The lowest BCUT2D eigenvalue weighted by molar-refractivity contribution is 0.251. The SMILES string of the molecule is O=C(NCc1ccccc1Cn1ccnc1)Nc1cc(Cl)cc(Cl)c1. The van der Waals surface area contributed by atoms with Gasteiger partial charge in [-0.3, -0.25) is 0 Å². The number of benzene rings is 2. The number of imidazole rings is 1. The Balaban J connectivity index is 1.62. The molecule has 5 nitrogen and oxygen atoms in total. The van der Waals surface area contributed by atoms with Gasteiger partial charge in [-0.15, -0.1) is 0 Å². The van der Waals surface area contributed by atoms with Crippen LogP contribution in [0.4, 0.5) is 10.5 Å². The molecule has 1 aromatic heterocycles. The van der Waals surface area contributed by atoms with E-state index in [2.05, 4.69) is 15.6 Å². The van der Waals surface area contributed by atoms with Crippen LogP contribution in [0.15, 0.2) is 61.2 Å². The van der Waals surface area contributed by atoms with Crippen molar-refractivity contribution in [2.45, 2.75) is 13.1 Å². The summed E-state index contributed by atoms with van der Waals surface area (Å²) in [5.74, 6) is 0. The number of hydrogen-bond donors (Lipinski definition) is 2. The van der Waals surface area contributed by atoms with Crippen molar-refractivity contribution in [1.29, 1.82) is 0 Å². The van der Waals surface area contributed by atoms with Crippen molar-refractivity contribution in [3.8, 4) is 0 Å². The van der Waals surface area contributed by atoms with Gasteiger partial charge >= 0.3 is 6.03 Å².